The number of aryl methyl sites for hydroxylation is 2. The highest BCUT2D eigenvalue weighted by atomic mass is 35.5. The van der Waals surface area contributed by atoms with Crippen LogP contribution < -0.4 is 10.9 Å². The number of nitrogens with one attached hydrogen (secondary N) is 1. The molecule has 0 aliphatic rings. The molecule has 0 aliphatic carbocycles. The number of rotatable bonds is 5. The highest BCUT2D eigenvalue weighted by Crippen LogP contribution is 2.35. The van der Waals surface area contributed by atoms with Crippen LogP contribution in [0, 0.1) is 6.92 Å². The van der Waals surface area contributed by atoms with E-state index in [2.05, 4.69) is 20.5 Å². The summed E-state index contributed by atoms with van der Waals surface area (Å²) in [6.45, 7) is 3.76. The van der Waals surface area contributed by atoms with Gasteiger partial charge in [-0.25, -0.2) is 4.98 Å². The third kappa shape index (κ3) is 3.93. The summed E-state index contributed by atoms with van der Waals surface area (Å²) in [5.74, 6) is -0.355. The van der Waals surface area contributed by atoms with Gasteiger partial charge < -0.3 is 0 Å². The zero-order valence-corrected chi connectivity index (χ0v) is 18.0. The molecule has 3 aromatic heterocycles. The quantitative estimate of drug-likeness (QED) is 0.498. The Morgan fingerprint density at radius 1 is 1.21 bits per heavy atom. The van der Waals surface area contributed by atoms with Crippen molar-refractivity contribution in [3.63, 3.8) is 0 Å². The third-order valence-corrected chi connectivity index (χ3v) is 6.57. The van der Waals surface area contributed by atoms with E-state index in [1.165, 1.54) is 33.6 Å². The van der Waals surface area contributed by atoms with Gasteiger partial charge in [0.15, 0.2) is 0 Å². The Kier molecular flexibility index (Phi) is 5.44. The summed E-state index contributed by atoms with van der Waals surface area (Å²) in [7, 11) is 0. The highest BCUT2D eigenvalue weighted by molar-refractivity contribution is 7.19. The fourth-order valence-corrected chi connectivity index (χ4v) is 4.80. The maximum Gasteiger partial charge on any atom is 0.263 e. The van der Waals surface area contributed by atoms with Crippen molar-refractivity contribution in [2.24, 2.45) is 0 Å². The monoisotopic (exact) mass is 445 g/mol. The van der Waals surface area contributed by atoms with Crippen molar-refractivity contribution in [1.82, 2.24) is 19.7 Å². The molecule has 148 valence electrons. The molecule has 0 aliphatic heterocycles. The normalized spacial score (nSPS) is 11.1. The Bertz CT molecular complexity index is 1260. The van der Waals surface area contributed by atoms with Crippen LogP contribution in [-0.4, -0.2) is 25.7 Å². The van der Waals surface area contributed by atoms with Gasteiger partial charge in [-0.3, -0.25) is 19.5 Å². The molecular formula is C19H16ClN5O2S2. The average Bonchev–Trinajstić information content (AvgIpc) is 3.28. The van der Waals surface area contributed by atoms with E-state index in [1.54, 1.807) is 12.1 Å². The topological polar surface area (TPSA) is 89.8 Å². The lowest BCUT2D eigenvalue weighted by Crippen LogP contribution is -2.27. The molecule has 1 amide bonds. The van der Waals surface area contributed by atoms with Gasteiger partial charge in [0.2, 0.25) is 11.0 Å². The van der Waals surface area contributed by atoms with Gasteiger partial charge in [0.25, 0.3) is 5.56 Å². The van der Waals surface area contributed by atoms with Gasteiger partial charge in [-0.1, -0.05) is 42.0 Å². The first-order valence-corrected chi connectivity index (χ1v) is 10.8. The predicted molar refractivity (Wildman–Crippen MR) is 117 cm³/mol. The molecule has 3 heterocycles. The van der Waals surface area contributed by atoms with Gasteiger partial charge in [-0.05, 0) is 31.0 Å². The molecule has 10 heteroatoms. The number of nitrogens with zero attached hydrogens (tertiary/aromatic N) is 4. The van der Waals surface area contributed by atoms with E-state index in [1.807, 2.05) is 26.0 Å². The Morgan fingerprint density at radius 2 is 1.97 bits per heavy atom. The molecule has 0 saturated carbocycles. The molecule has 4 aromatic rings. The second kappa shape index (κ2) is 8.02. The Hall–Kier alpha value is -2.62. The summed E-state index contributed by atoms with van der Waals surface area (Å²) < 4.78 is 1.31. The largest absolute Gasteiger partial charge is 0.299 e. The molecule has 4 rings (SSSR count). The summed E-state index contributed by atoms with van der Waals surface area (Å²) in [4.78, 5) is 31.6. The summed E-state index contributed by atoms with van der Waals surface area (Å²) in [6, 6.07) is 7.33. The van der Waals surface area contributed by atoms with Gasteiger partial charge in [0.1, 0.15) is 16.4 Å². The minimum Gasteiger partial charge on any atom is -0.299 e. The molecule has 1 aromatic carbocycles. The first-order chi connectivity index (χ1) is 14.0. The number of carbonyl (C=O) groups is 1. The Balaban J connectivity index is 1.68. The number of fused-ring (bicyclic) bond motifs is 1. The smallest absolute Gasteiger partial charge is 0.263 e. The van der Waals surface area contributed by atoms with Crippen LogP contribution in [0.1, 0.15) is 16.8 Å². The van der Waals surface area contributed by atoms with Crippen molar-refractivity contribution in [3.05, 3.63) is 55.9 Å². The van der Waals surface area contributed by atoms with Gasteiger partial charge in [-0.15, -0.1) is 21.5 Å². The second-order valence-electron chi connectivity index (χ2n) is 6.30. The van der Waals surface area contributed by atoms with Crippen LogP contribution in [0.4, 0.5) is 5.13 Å². The standard InChI is InChI=1S/C19H16ClN5O2S2/c1-3-14-23-24-19(29-14)22-13(26)8-25-9-21-17-16(18(25)27)15(10(2)28-17)11-4-6-12(20)7-5-11/h4-7,9H,3,8H2,1-2H3,(H,22,24,26). The molecule has 0 spiro atoms. The van der Waals surface area contributed by atoms with Crippen LogP contribution >= 0.6 is 34.3 Å². The molecule has 0 unspecified atom stereocenters. The van der Waals surface area contributed by atoms with Crippen molar-refractivity contribution >= 4 is 55.5 Å². The number of hydrogen-bond donors (Lipinski definition) is 1. The molecule has 0 saturated heterocycles. The molecule has 7 nitrogen and oxygen atoms in total. The van der Waals surface area contributed by atoms with E-state index in [0.29, 0.717) is 20.4 Å². The first kappa shape index (κ1) is 19.7. The summed E-state index contributed by atoms with van der Waals surface area (Å²) >= 11 is 8.76. The van der Waals surface area contributed by atoms with E-state index < -0.39 is 0 Å². The minimum absolute atomic E-state index is 0.155. The minimum atomic E-state index is -0.355. The first-order valence-electron chi connectivity index (χ1n) is 8.83. The number of anilines is 1. The van der Waals surface area contributed by atoms with E-state index in [9.17, 15) is 9.59 Å². The number of hydrogen-bond acceptors (Lipinski definition) is 7. The summed E-state index contributed by atoms with van der Waals surface area (Å²) in [6.07, 6.45) is 2.15. The van der Waals surface area contributed by atoms with Gasteiger partial charge >= 0.3 is 0 Å². The van der Waals surface area contributed by atoms with Crippen LogP contribution in [0.5, 0.6) is 0 Å². The van der Waals surface area contributed by atoms with Crippen LogP contribution in [0.15, 0.2) is 35.4 Å². The Labute approximate surface area is 179 Å². The number of benzene rings is 1. The zero-order valence-electron chi connectivity index (χ0n) is 15.6. The SMILES string of the molecule is CCc1nnc(NC(=O)Cn2cnc3sc(C)c(-c4ccc(Cl)cc4)c3c2=O)s1. The maximum absolute atomic E-state index is 13.1. The van der Waals surface area contributed by atoms with Crippen LogP contribution in [0.2, 0.25) is 5.02 Å². The lowest BCUT2D eigenvalue weighted by Gasteiger charge is -2.06. The fraction of sp³-hybridized carbons (Fsp3) is 0.211. The van der Waals surface area contributed by atoms with E-state index >= 15 is 0 Å². The molecule has 0 radical (unpaired) electrons. The third-order valence-electron chi connectivity index (χ3n) is 4.32. The van der Waals surface area contributed by atoms with Crippen molar-refractivity contribution in [2.75, 3.05) is 5.32 Å². The number of amides is 1. The van der Waals surface area contributed by atoms with Gasteiger partial charge in [0, 0.05) is 15.5 Å². The van der Waals surface area contributed by atoms with Crippen LogP contribution in [-0.2, 0) is 17.8 Å². The van der Waals surface area contributed by atoms with Gasteiger partial charge in [-0.2, -0.15) is 0 Å². The van der Waals surface area contributed by atoms with Crippen LogP contribution in [0.3, 0.4) is 0 Å². The highest BCUT2D eigenvalue weighted by Gasteiger charge is 2.18. The molecule has 0 atom stereocenters. The number of thiophene rings is 1. The Morgan fingerprint density at radius 3 is 2.66 bits per heavy atom. The molecule has 0 bridgehead atoms. The van der Waals surface area contributed by atoms with E-state index in [0.717, 1.165) is 27.4 Å². The average molecular weight is 446 g/mol. The maximum atomic E-state index is 13.1. The second-order valence-corrected chi connectivity index (χ2v) is 9.00. The van der Waals surface area contributed by atoms with Crippen LogP contribution in [0.25, 0.3) is 21.3 Å². The molecular weight excluding hydrogens is 430 g/mol. The summed E-state index contributed by atoms with van der Waals surface area (Å²) in [5, 5.41) is 13.0. The fourth-order valence-electron chi connectivity index (χ4n) is 2.97. The lowest BCUT2D eigenvalue weighted by molar-refractivity contribution is -0.116. The van der Waals surface area contributed by atoms with Crippen molar-refractivity contribution in [1.29, 1.82) is 0 Å². The zero-order chi connectivity index (χ0) is 20.5. The predicted octanol–water partition coefficient (Wildman–Crippen LogP) is 4.14. The molecule has 29 heavy (non-hydrogen) atoms. The van der Waals surface area contributed by atoms with Crippen molar-refractivity contribution < 1.29 is 4.79 Å². The number of carbonyl (C=O) groups excluding carboxylic acids is 1. The molecule has 0 fully saturated rings. The molecule has 1 N–H and O–H groups in total. The van der Waals surface area contributed by atoms with Gasteiger partial charge in [0.05, 0.1) is 11.7 Å². The lowest BCUT2D eigenvalue weighted by atomic mass is 10.0. The summed E-state index contributed by atoms with van der Waals surface area (Å²) in [5.41, 5.74) is 1.46. The number of aromatic nitrogens is 4. The van der Waals surface area contributed by atoms with E-state index in [4.69, 9.17) is 11.6 Å². The van der Waals surface area contributed by atoms with E-state index in [-0.39, 0.29) is 18.0 Å². The van der Waals surface area contributed by atoms with Crippen molar-refractivity contribution in [3.8, 4) is 11.1 Å². The van der Waals surface area contributed by atoms with Crippen molar-refractivity contribution in [2.45, 2.75) is 26.8 Å². The number of halogens is 1.